The lowest BCUT2D eigenvalue weighted by molar-refractivity contribution is -0.122. The summed E-state index contributed by atoms with van der Waals surface area (Å²) in [5, 5.41) is 6.89. The molecule has 3 N–H and O–H groups in total. The molecule has 2 heterocycles. The zero-order chi connectivity index (χ0) is 24.0. The summed E-state index contributed by atoms with van der Waals surface area (Å²) in [5.41, 5.74) is 7.28. The third-order valence-electron chi connectivity index (χ3n) is 4.91. The van der Waals surface area contributed by atoms with Crippen molar-refractivity contribution in [2.24, 2.45) is 10.7 Å². The Balaban J connectivity index is 0.000000968. The lowest BCUT2D eigenvalue weighted by Gasteiger charge is -2.26. The van der Waals surface area contributed by atoms with Crippen molar-refractivity contribution in [2.75, 3.05) is 6.61 Å². The van der Waals surface area contributed by atoms with Crippen LogP contribution in [-0.4, -0.2) is 40.8 Å². The van der Waals surface area contributed by atoms with Crippen molar-refractivity contribution in [2.45, 2.75) is 19.1 Å². The smallest absolute Gasteiger partial charge is 0.387 e. The Bertz CT molecular complexity index is 1160. The second-order valence-electron chi connectivity index (χ2n) is 6.88. The molecule has 0 radical (unpaired) electrons. The molecule has 4 rings (SSSR count). The third kappa shape index (κ3) is 5.03. The van der Waals surface area contributed by atoms with Gasteiger partial charge in [-0.05, 0) is 47.9 Å². The molecule has 8 nitrogen and oxygen atoms in total. The standard InChI is InChI=1S/C21H17F3N4O2.CH2O2/c1-12-6-14(3-5-18(12)30-19(23)24)21(10-29-20(25)28-21)15-2-4-17(22)16(7-15)13-8-26-11-27-9-13;2-1-3/h2-9,11,19H,10H2,1H3,(H2,25,28);1H,(H,2,3). The van der Waals surface area contributed by atoms with Gasteiger partial charge in [0.05, 0.1) is 0 Å². The summed E-state index contributed by atoms with van der Waals surface area (Å²) in [6.45, 7) is -1.46. The Kier molecular flexibility index (Phi) is 7.11. The first kappa shape index (κ1) is 23.5. The highest BCUT2D eigenvalue weighted by Gasteiger charge is 2.40. The summed E-state index contributed by atoms with van der Waals surface area (Å²) in [5.74, 6) is -0.391. The molecule has 0 bridgehead atoms. The Hall–Kier alpha value is -4.15. The topological polar surface area (TPSA) is 120 Å². The minimum absolute atomic E-state index is 0.0190. The molecular weight excluding hydrogens is 441 g/mol. The number of halogens is 3. The number of ether oxygens (including phenoxy) is 2. The van der Waals surface area contributed by atoms with Crippen LogP contribution < -0.4 is 10.5 Å². The van der Waals surface area contributed by atoms with E-state index < -0.39 is 18.0 Å². The van der Waals surface area contributed by atoms with Gasteiger partial charge in [-0.15, -0.1) is 0 Å². The van der Waals surface area contributed by atoms with Gasteiger partial charge >= 0.3 is 6.61 Å². The summed E-state index contributed by atoms with van der Waals surface area (Å²) in [6.07, 6.45) is 4.37. The number of aryl methyl sites for hydroxylation is 1. The predicted molar refractivity (Wildman–Crippen MR) is 112 cm³/mol. The van der Waals surface area contributed by atoms with Gasteiger partial charge in [-0.1, -0.05) is 12.1 Å². The maximum absolute atomic E-state index is 14.5. The summed E-state index contributed by atoms with van der Waals surface area (Å²) in [7, 11) is 0. The molecule has 1 unspecified atom stereocenters. The van der Waals surface area contributed by atoms with Crippen molar-refractivity contribution in [1.29, 1.82) is 0 Å². The van der Waals surface area contributed by atoms with E-state index in [1.807, 2.05) is 0 Å². The molecule has 1 atom stereocenters. The molecule has 172 valence electrons. The highest BCUT2D eigenvalue weighted by Crippen LogP contribution is 2.40. The number of alkyl halides is 2. The average Bonchev–Trinajstić information content (AvgIpc) is 3.19. The number of nitrogens with zero attached hydrogens (tertiary/aromatic N) is 3. The number of hydrogen-bond acceptors (Lipinski definition) is 7. The van der Waals surface area contributed by atoms with E-state index in [1.165, 1.54) is 30.9 Å². The molecule has 0 aliphatic carbocycles. The van der Waals surface area contributed by atoms with Crippen molar-refractivity contribution >= 4 is 12.5 Å². The van der Waals surface area contributed by atoms with Crippen LogP contribution in [0.25, 0.3) is 11.1 Å². The van der Waals surface area contributed by atoms with Gasteiger partial charge in [0.1, 0.15) is 24.5 Å². The van der Waals surface area contributed by atoms with E-state index >= 15 is 0 Å². The maximum Gasteiger partial charge on any atom is 0.387 e. The number of aromatic nitrogens is 2. The van der Waals surface area contributed by atoms with E-state index in [2.05, 4.69) is 19.7 Å². The van der Waals surface area contributed by atoms with Crippen molar-refractivity contribution < 1.29 is 32.5 Å². The SMILES string of the molecule is Cc1cc(C2(c3ccc(F)c(-c4cncnc4)c3)COC(N)=N2)ccc1OC(F)F.O=CO. The molecule has 11 heteroatoms. The first-order valence-corrected chi connectivity index (χ1v) is 9.48. The number of amidine groups is 1. The second-order valence-corrected chi connectivity index (χ2v) is 6.88. The quantitative estimate of drug-likeness (QED) is 0.560. The monoisotopic (exact) mass is 460 g/mol. The first-order chi connectivity index (χ1) is 15.8. The first-order valence-electron chi connectivity index (χ1n) is 9.48. The molecule has 0 amide bonds. The number of aliphatic imine (C=N–C) groups is 1. The van der Waals surface area contributed by atoms with Crippen molar-refractivity contribution in [3.05, 3.63) is 77.6 Å². The van der Waals surface area contributed by atoms with E-state index in [0.717, 1.165) is 0 Å². The highest BCUT2D eigenvalue weighted by atomic mass is 19.3. The zero-order valence-electron chi connectivity index (χ0n) is 17.3. The maximum atomic E-state index is 14.5. The molecule has 1 aromatic heterocycles. The molecule has 0 saturated carbocycles. The van der Waals surface area contributed by atoms with Crippen LogP contribution in [0.4, 0.5) is 13.2 Å². The Morgan fingerprint density at radius 2 is 1.82 bits per heavy atom. The van der Waals surface area contributed by atoms with Crippen LogP contribution >= 0.6 is 0 Å². The van der Waals surface area contributed by atoms with Crippen LogP contribution in [0.2, 0.25) is 0 Å². The van der Waals surface area contributed by atoms with Crippen LogP contribution in [0, 0.1) is 12.7 Å². The van der Waals surface area contributed by atoms with Gasteiger partial charge in [0.25, 0.3) is 12.5 Å². The van der Waals surface area contributed by atoms with Crippen LogP contribution in [0.3, 0.4) is 0 Å². The lowest BCUT2D eigenvalue weighted by Crippen LogP contribution is -2.27. The number of carboxylic acid groups (broad SMARTS) is 1. The number of carbonyl (C=O) groups is 1. The summed E-state index contributed by atoms with van der Waals surface area (Å²) < 4.78 is 49.7. The normalized spacial score (nSPS) is 16.9. The minimum Gasteiger partial charge on any atom is -0.483 e. The highest BCUT2D eigenvalue weighted by molar-refractivity contribution is 5.76. The van der Waals surface area contributed by atoms with Crippen LogP contribution in [0.1, 0.15) is 16.7 Å². The predicted octanol–water partition coefficient (Wildman–Crippen LogP) is 3.48. The van der Waals surface area contributed by atoms with E-state index in [9.17, 15) is 13.2 Å². The van der Waals surface area contributed by atoms with Crippen molar-refractivity contribution in [3.8, 4) is 16.9 Å². The number of rotatable bonds is 5. The second kappa shape index (κ2) is 9.98. The molecule has 0 saturated heterocycles. The Labute approximate surface area is 186 Å². The number of nitrogens with two attached hydrogens (primary N) is 1. The molecule has 0 fully saturated rings. The fourth-order valence-electron chi connectivity index (χ4n) is 3.47. The fraction of sp³-hybridized carbons (Fsp3) is 0.182. The lowest BCUT2D eigenvalue weighted by atomic mass is 9.82. The van der Waals surface area contributed by atoms with Gasteiger partial charge in [0.15, 0.2) is 5.54 Å². The van der Waals surface area contributed by atoms with Crippen molar-refractivity contribution in [3.63, 3.8) is 0 Å². The van der Waals surface area contributed by atoms with Gasteiger partial charge in [0.2, 0.25) is 0 Å². The average molecular weight is 460 g/mol. The zero-order valence-corrected chi connectivity index (χ0v) is 17.3. The van der Waals surface area contributed by atoms with E-state index in [4.69, 9.17) is 20.4 Å². The molecule has 1 aliphatic heterocycles. The van der Waals surface area contributed by atoms with Gasteiger partial charge < -0.3 is 20.3 Å². The van der Waals surface area contributed by atoms with Crippen molar-refractivity contribution in [1.82, 2.24) is 9.97 Å². The van der Waals surface area contributed by atoms with E-state index in [1.54, 1.807) is 31.2 Å². The van der Waals surface area contributed by atoms with E-state index in [0.29, 0.717) is 27.8 Å². The Morgan fingerprint density at radius 1 is 1.18 bits per heavy atom. The molecular formula is C22H19F3N4O4. The summed E-state index contributed by atoms with van der Waals surface area (Å²) in [4.78, 5) is 20.7. The molecule has 2 aromatic carbocycles. The number of hydrogen-bond donors (Lipinski definition) is 2. The third-order valence-corrected chi connectivity index (χ3v) is 4.91. The van der Waals surface area contributed by atoms with Gasteiger partial charge in [-0.2, -0.15) is 8.78 Å². The number of benzene rings is 2. The largest absolute Gasteiger partial charge is 0.483 e. The van der Waals surface area contributed by atoms with Crippen LogP contribution in [0.15, 0.2) is 60.1 Å². The fourth-order valence-corrected chi connectivity index (χ4v) is 3.47. The minimum atomic E-state index is -2.93. The molecule has 0 spiro atoms. The van der Waals surface area contributed by atoms with Gasteiger partial charge in [-0.3, -0.25) is 4.79 Å². The summed E-state index contributed by atoms with van der Waals surface area (Å²) >= 11 is 0. The molecule has 3 aromatic rings. The Morgan fingerprint density at radius 3 is 2.39 bits per heavy atom. The molecule has 33 heavy (non-hydrogen) atoms. The van der Waals surface area contributed by atoms with E-state index in [-0.39, 0.29) is 24.9 Å². The molecule has 1 aliphatic rings. The van der Waals surface area contributed by atoms with Crippen LogP contribution in [-0.2, 0) is 15.1 Å². The summed E-state index contributed by atoms with van der Waals surface area (Å²) in [6, 6.07) is 9.27. The van der Waals surface area contributed by atoms with Gasteiger partial charge in [0, 0.05) is 23.5 Å². The van der Waals surface area contributed by atoms with Gasteiger partial charge in [-0.25, -0.2) is 19.4 Å². The van der Waals surface area contributed by atoms with Crippen LogP contribution in [0.5, 0.6) is 5.75 Å².